The number of anilines is 1. The van der Waals surface area contributed by atoms with E-state index in [-0.39, 0.29) is 12.3 Å². The molecule has 27 heavy (non-hydrogen) atoms. The fourth-order valence-corrected chi connectivity index (χ4v) is 3.12. The van der Waals surface area contributed by atoms with Crippen LogP contribution < -0.4 is 5.32 Å². The van der Waals surface area contributed by atoms with Crippen LogP contribution in [0.1, 0.15) is 35.9 Å². The molecule has 0 aliphatic rings. The van der Waals surface area contributed by atoms with Crippen LogP contribution in [-0.4, -0.2) is 34.2 Å². The summed E-state index contributed by atoms with van der Waals surface area (Å²) in [7, 11) is 0. The fourth-order valence-electron chi connectivity index (χ4n) is 2.67. The molecule has 1 atom stereocenters. The van der Waals surface area contributed by atoms with Crippen LogP contribution in [0, 0.1) is 20.8 Å². The van der Waals surface area contributed by atoms with Gasteiger partial charge in [-0.05, 0) is 63.6 Å². The zero-order valence-electron chi connectivity index (χ0n) is 16.3. The van der Waals surface area contributed by atoms with Gasteiger partial charge in [0.25, 0.3) is 5.91 Å². The number of benzene rings is 1. The molecule has 7 heteroatoms. The van der Waals surface area contributed by atoms with Gasteiger partial charge in [-0.1, -0.05) is 23.9 Å². The number of esters is 1. The summed E-state index contributed by atoms with van der Waals surface area (Å²) in [5.41, 5.74) is 4.40. The number of thioether (sulfide) groups is 1. The van der Waals surface area contributed by atoms with Crippen LogP contribution in [0.2, 0.25) is 0 Å². The monoisotopic (exact) mass is 387 g/mol. The van der Waals surface area contributed by atoms with Crippen LogP contribution in [0.4, 0.5) is 5.69 Å². The third-order valence-electron chi connectivity index (χ3n) is 4.12. The normalized spacial score (nSPS) is 11.7. The molecule has 0 aliphatic carbocycles. The minimum absolute atomic E-state index is 0.172. The van der Waals surface area contributed by atoms with E-state index in [1.54, 1.807) is 13.0 Å². The van der Waals surface area contributed by atoms with E-state index < -0.39 is 12.1 Å². The van der Waals surface area contributed by atoms with Crippen molar-refractivity contribution in [3.05, 3.63) is 46.8 Å². The molecule has 0 bridgehead atoms. The molecule has 1 aromatic heterocycles. The second-order valence-electron chi connectivity index (χ2n) is 6.35. The number of hydrogen-bond acceptors (Lipinski definition) is 6. The number of nitrogens with zero attached hydrogens (tertiary/aromatic N) is 2. The molecule has 0 spiro atoms. The van der Waals surface area contributed by atoms with Gasteiger partial charge in [-0.25, -0.2) is 9.97 Å². The number of nitrogens with one attached hydrogen (secondary N) is 1. The molecular formula is C20H25N3O3S. The fraction of sp³-hybridized carbons (Fsp3) is 0.400. The summed E-state index contributed by atoms with van der Waals surface area (Å²) >= 11 is 1.49. The molecule has 0 aliphatic heterocycles. The van der Waals surface area contributed by atoms with Crippen LogP contribution in [-0.2, 0) is 20.7 Å². The first kappa shape index (κ1) is 20.9. The number of carbonyl (C=O) groups excluding carboxylic acids is 2. The van der Waals surface area contributed by atoms with Crippen molar-refractivity contribution in [2.45, 2.75) is 51.8 Å². The molecule has 0 saturated heterocycles. The van der Waals surface area contributed by atoms with Crippen molar-refractivity contribution in [3.8, 4) is 0 Å². The third kappa shape index (κ3) is 6.06. The Kier molecular flexibility index (Phi) is 7.36. The molecule has 1 amide bonds. The van der Waals surface area contributed by atoms with E-state index in [4.69, 9.17) is 4.74 Å². The summed E-state index contributed by atoms with van der Waals surface area (Å²) < 4.78 is 5.27. The summed E-state index contributed by atoms with van der Waals surface area (Å²) in [5.74, 6) is -0.774. The van der Waals surface area contributed by atoms with Gasteiger partial charge in [0, 0.05) is 23.5 Å². The number of amides is 1. The zero-order chi connectivity index (χ0) is 20.0. The Morgan fingerprint density at radius 3 is 2.44 bits per heavy atom. The minimum atomic E-state index is -0.865. The van der Waals surface area contributed by atoms with Gasteiger partial charge in [-0.3, -0.25) is 9.59 Å². The van der Waals surface area contributed by atoms with Crippen LogP contribution >= 0.6 is 11.8 Å². The Bertz CT molecular complexity index is 816. The van der Waals surface area contributed by atoms with E-state index >= 15 is 0 Å². The molecule has 0 unspecified atom stereocenters. The molecule has 1 heterocycles. The van der Waals surface area contributed by atoms with Gasteiger partial charge < -0.3 is 10.1 Å². The van der Waals surface area contributed by atoms with Gasteiger partial charge in [0.2, 0.25) is 0 Å². The number of aromatic nitrogens is 2. The Morgan fingerprint density at radius 1 is 1.19 bits per heavy atom. The van der Waals surface area contributed by atoms with Crippen LogP contribution in [0.15, 0.2) is 29.4 Å². The van der Waals surface area contributed by atoms with Crippen molar-refractivity contribution in [1.29, 1.82) is 0 Å². The van der Waals surface area contributed by atoms with Crippen LogP contribution in [0.25, 0.3) is 0 Å². The van der Waals surface area contributed by atoms with E-state index in [9.17, 15) is 9.59 Å². The highest BCUT2D eigenvalue weighted by Gasteiger charge is 2.19. The largest absolute Gasteiger partial charge is 0.453 e. The molecular weight excluding hydrogens is 362 g/mol. The van der Waals surface area contributed by atoms with Crippen molar-refractivity contribution in [2.75, 3.05) is 11.6 Å². The Hall–Kier alpha value is -2.41. The average Bonchev–Trinajstić information content (AvgIpc) is 2.60. The Balaban J connectivity index is 1.89. The topological polar surface area (TPSA) is 81.2 Å². The smallest absolute Gasteiger partial charge is 0.306 e. The molecule has 0 saturated carbocycles. The van der Waals surface area contributed by atoms with Gasteiger partial charge in [-0.2, -0.15) is 0 Å². The zero-order valence-corrected chi connectivity index (χ0v) is 17.1. The van der Waals surface area contributed by atoms with Crippen LogP contribution in [0.5, 0.6) is 0 Å². The Labute approximate surface area is 164 Å². The van der Waals surface area contributed by atoms with Gasteiger partial charge in [-0.15, -0.1) is 0 Å². The van der Waals surface area contributed by atoms with Gasteiger partial charge in [0.05, 0.1) is 0 Å². The maximum absolute atomic E-state index is 12.2. The van der Waals surface area contributed by atoms with Crippen molar-refractivity contribution in [1.82, 2.24) is 9.97 Å². The minimum Gasteiger partial charge on any atom is -0.453 e. The predicted molar refractivity (Wildman–Crippen MR) is 107 cm³/mol. The molecule has 6 nitrogen and oxygen atoms in total. The van der Waals surface area contributed by atoms with Crippen molar-refractivity contribution in [3.63, 3.8) is 0 Å². The van der Waals surface area contributed by atoms with Crippen molar-refractivity contribution < 1.29 is 14.3 Å². The maximum Gasteiger partial charge on any atom is 0.306 e. The SMILES string of the molecule is CSc1nc(C)c(CCC(=O)O[C@H](C)C(=O)Nc2cccc(C)c2)c(C)n1. The molecule has 2 rings (SSSR count). The number of aryl methyl sites for hydroxylation is 3. The lowest BCUT2D eigenvalue weighted by Gasteiger charge is -2.14. The highest BCUT2D eigenvalue weighted by atomic mass is 32.2. The van der Waals surface area contributed by atoms with Gasteiger partial charge in [0.15, 0.2) is 11.3 Å². The number of carbonyl (C=O) groups is 2. The summed E-state index contributed by atoms with van der Waals surface area (Å²) in [5, 5.41) is 3.47. The van der Waals surface area contributed by atoms with E-state index in [0.717, 1.165) is 27.7 Å². The summed E-state index contributed by atoms with van der Waals surface area (Å²) in [6.07, 6.45) is 1.72. The molecule has 0 fully saturated rings. The first-order valence-corrected chi connectivity index (χ1v) is 9.97. The predicted octanol–water partition coefficient (Wildman–Crippen LogP) is 3.63. The molecule has 1 N–H and O–H groups in total. The van der Waals surface area contributed by atoms with Crippen molar-refractivity contribution >= 4 is 29.3 Å². The number of hydrogen-bond donors (Lipinski definition) is 1. The Morgan fingerprint density at radius 2 is 1.85 bits per heavy atom. The lowest BCUT2D eigenvalue weighted by atomic mass is 10.1. The van der Waals surface area contributed by atoms with Crippen LogP contribution in [0.3, 0.4) is 0 Å². The molecule has 1 aromatic carbocycles. The maximum atomic E-state index is 12.2. The molecule has 0 radical (unpaired) electrons. The van der Waals surface area contributed by atoms with Gasteiger partial charge >= 0.3 is 5.97 Å². The van der Waals surface area contributed by atoms with E-state index in [1.165, 1.54) is 11.8 Å². The molecule has 2 aromatic rings. The van der Waals surface area contributed by atoms with E-state index in [1.807, 2.05) is 45.2 Å². The lowest BCUT2D eigenvalue weighted by Crippen LogP contribution is -2.30. The number of ether oxygens (including phenoxy) is 1. The van der Waals surface area contributed by atoms with E-state index in [0.29, 0.717) is 12.1 Å². The lowest BCUT2D eigenvalue weighted by molar-refractivity contribution is -0.153. The standard InChI is InChI=1S/C20H25N3O3S/c1-12-7-6-8-16(11-12)23-19(25)15(4)26-18(24)10-9-17-13(2)21-20(27-5)22-14(17)3/h6-8,11,15H,9-10H2,1-5H3,(H,23,25)/t15-/m1/s1. The average molecular weight is 388 g/mol. The summed E-state index contributed by atoms with van der Waals surface area (Å²) in [6.45, 7) is 7.33. The van der Waals surface area contributed by atoms with Crippen molar-refractivity contribution in [2.24, 2.45) is 0 Å². The summed E-state index contributed by atoms with van der Waals surface area (Å²) in [6, 6.07) is 7.45. The highest BCUT2D eigenvalue weighted by molar-refractivity contribution is 7.98. The third-order valence-corrected chi connectivity index (χ3v) is 4.67. The first-order chi connectivity index (χ1) is 12.8. The second kappa shape index (κ2) is 9.50. The van der Waals surface area contributed by atoms with Gasteiger partial charge in [0.1, 0.15) is 0 Å². The van der Waals surface area contributed by atoms with E-state index in [2.05, 4.69) is 15.3 Å². The quantitative estimate of drug-likeness (QED) is 0.444. The highest BCUT2D eigenvalue weighted by Crippen LogP contribution is 2.17. The molecule has 144 valence electrons. The first-order valence-electron chi connectivity index (χ1n) is 8.75. The summed E-state index contributed by atoms with van der Waals surface area (Å²) in [4.78, 5) is 33.2. The number of rotatable bonds is 7. The second-order valence-corrected chi connectivity index (χ2v) is 7.12.